The van der Waals surface area contributed by atoms with Gasteiger partial charge in [0.15, 0.2) is 0 Å². The molecule has 26 heavy (non-hydrogen) atoms. The van der Waals surface area contributed by atoms with Crippen LogP contribution in [0, 0.1) is 17.8 Å². The van der Waals surface area contributed by atoms with Crippen LogP contribution in [0.4, 0.5) is 8.78 Å². The number of halogens is 2. The van der Waals surface area contributed by atoms with Crippen LogP contribution in [0.5, 0.6) is 5.75 Å². The number of rotatable bonds is 6. The van der Waals surface area contributed by atoms with Crippen LogP contribution in [-0.4, -0.2) is 13.0 Å². The van der Waals surface area contributed by atoms with Gasteiger partial charge in [-0.3, -0.25) is 0 Å². The summed E-state index contributed by atoms with van der Waals surface area (Å²) in [5.41, 5.74) is 1.32. The molecule has 0 amide bonds. The smallest absolute Gasteiger partial charge is 0.251 e. The first-order chi connectivity index (χ1) is 12.5. The number of ether oxygens (including phenoxy) is 1. The summed E-state index contributed by atoms with van der Waals surface area (Å²) in [5.74, 6) is -1.14. The molecule has 3 rings (SSSR count). The van der Waals surface area contributed by atoms with Crippen LogP contribution < -0.4 is 4.74 Å². The molecular formula is C23H32F2O. The third-order valence-corrected chi connectivity index (χ3v) is 6.70. The van der Waals surface area contributed by atoms with Gasteiger partial charge in [-0.2, -0.15) is 0 Å². The molecule has 2 aliphatic rings. The van der Waals surface area contributed by atoms with Crippen molar-refractivity contribution in [1.29, 1.82) is 0 Å². The van der Waals surface area contributed by atoms with Gasteiger partial charge in [-0.25, -0.2) is 8.78 Å². The largest absolute Gasteiger partial charge is 0.497 e. The molecule has 0 aromatic heterocycles. The standard InChI is InChI=1S/C23H32F2O/c1-3-4-5-17-6-15-22(23(24,25)16-17)20-9-7-18(8-10-20)19-11-13-21(26-2)14-12-19/h3,11-14,17-18,20,22H,1,4-10,15-16H2,2H3. The highest BCUT2D eigenvalue weighted by molar-refractivity contribution is 5.29. The van der Waals surface area contributed by atoms with E-state index >= 15 is 0 Å². The van der Waals surface area contributed by atoms with E-state index in [1.54, 1.807) is 7.11 Å². The van der Waals surface area contributed by atoms with Gasteiger partial charge in [0.1, 0.15) is 5.75 Å². The van der Waals surface area contributed by atoms with E-state index in [-0.39, 0.29) is 18.3 Å². The Morgan fingerprint density at radius 1 is 1.08 bits per heavy atom. The molecule has 0 aliphatic heterocycles. The number of alkyl halides is 2. The number of allylic oxidation sites excluding steroid dienone is 1. The fourth-order valence-corrected chi connectivity index (χ4v) is 5.18. The quantitative estimate of drug-likeness (QED) is 0.496. The zero-order chi connectivity index (χ0) is 18.6. The average Bonchev–Trinajstić information content (AvgIpc) is 2.66. The van der Waals surface area contributed by atoms with Gasteiger partial charge in [0.2, 0.25) is 0 Å². The van der Waals surface area contributed by atoms with Gasteiger partial charge in [-0.1, -0.05) is 18.2 Å². The van der Waals surface area contributed by atoms with Crippen molar-refractivity contribution in [3.8, 4) is 5.75 Å². The Morgan fingerprint density at radius 2 is 1.77 bits per heavy atom. The second-order valence-corrected chi connectivity index (χ2v) is 8.27. The summed E-state index contributed by atoms with van der Waals surface area (Å²) in [6.45, 7) is 3.72. The van der Waals surface area contributed by atoms with Crippen LogP contribution in [-0.2, 0) is 0 Å². The maximum atomic E-state index is 14.8. The summed E-state index contributed by atoms with van der Waals surface area (Å²) in [7, 11) is 1.67. The maximum absolute atomic E-state index is 14.8. The number of hydrogen-bond donors (Lipinski definition) is 0. The minimum Gasteiger partial charge on any atom is -0.497 e. The second-order valence-electron chi connectivity index (χ2n) is 8.27. The highest BCUT2D eigenvalue weighted by Gasteiger charge is 2.48. The van der Waals surface area contributed by atoms with Gasteiger partial charge in [-0.05, 0) is 86.8 Å². The molecule has 2 fully saturated rings. The van der Waals surface area contributed by atoms with Crippen LogP contribution in [0.1, 0.15) is 69.3 Å². The van der Waals surface area contributed by atoms with E-state index in [4.69, 9.17) is 4.74 Å². The predicted molar refractivity (Wildman–Crippen MR) is 103 cm³/mol. The number of benzene rings is 1. The molecule has 0 N–H and O–H groups in total. The van der Waals surface area contributed by atoms with E-state index in [2.05, 4.69) is 18.7 Å². The van der Waals surface area contributed by atoms with Gasteiger partial charge >= 0.3 is 0 Å². The minimum atomic E-state index is -2.48. The molecule has 1 aromatic rings. The molecule has 0 bridgehead atoms. The lowest BCUT2D eigenvalue weighted by atomic mass is 9.66. The Kier molecular flexibility index (Phi) is 6.37. The van der Waals surface area contributed by atoms with Crippen molar-refractivity contribution < 1.29 is 13.5 Å². The lowest BCUT2D eigenvalue weighted by Crippen LogP contribution is -2.41. The molecule has 2 aliphatic carbocycles. The Hall–Kier alpha value is -1.38. The van der Waals surface area contributed by atoms with Crippen molar-refractivity contribution in [1.82, 2.24) is 0 Å². The van der Waals surface area contributed by atoms with Crippen molar-refractivity contribution in [3.63, 3.8) is 0 Å². The van der Waals surface area contributed by atoms with E-state index < -0.39 is 11.8 Å². The molecule has 0 radical (unpaired) electrons. The first-order valence-corrected chi connectivity index (χ1v) is 10.2. The predicted octanol–water partition coefficient (Wildman–Crippen LogP) is 6.99. The summed E-state index contributed by atoms with van der Waals surface area (Å²) in [5, 5.41) is 0. The van der Waals surface area contributed by atoms with Gasteiger partial charge in [0.05, 0.1) is 7.11 Å². The highest BCUT2D eigenvalue weighted by Crippen LogP contribution is 2.50. The Balaban J connectivity index is 1.54. The topological polar surface area (TPSA) is 9.23 Å². The van der Waals surface area contributed by atoms with Crippen LogP contribution in [0.2, 0.25) is 0 Å². The molecule has 0 heterocycles. The molecule has 0 saturated heterocycles. The van der Waals surface area contributed by atoms with Crippen molar-refractivity contribution in [2.45, 2.75) is 69.6 Å². The van der Waals surface area contributed by atoms with Gasteiger partial charge in [-0.15, -0.1) is 6.58 Å². The third kappa shape index (κ3) is 4.47. The minimum absolute atomic E-state index is 0.0872. The summed E-state index contributed by atoms with van der Waals surface area (Å²) in [4.78, 5) is 0. The fourth-order valence-electron chi connectivity index (χ4n) is 5.18. The number of methoxy groups -OCH3 is 1. The normalized spacial score (nSPS) is 31.3. The Morgan fingerprint density at radius 3 is 2.35 bits per heavy atom. The van der Waals surface area contributed by atoms with Crippen LogP contribution in [0.25, 0.3) is 0 Å². The summed E-state index contributed by atoms with van der Waals surface area (Å²) < 4.78 is 34.8. The van der Waals surface area contributed by atoms with E-state index in [0.717, 1.165) is 50.7 Å². The van der Waals surface area contributed by atoms with Gasteiger partial charge in [0, 0.05) is 12.3 Å². The lowest BCUT2D eigenvalue weighted by Gasteiger charge is -2.42. The molecule has 0 spiro atoms. The molecule has 144 valence electrons. The summed E-state index contributed by atoms with van der Waals surface area (Å²) in [6.07, 6.45) is 9.28. The SMILES string of the molecule is C=CCCC1CCC(C2CCC(c3ccc(OC)cc3)CC2)C(F)(F)C1. The second kappa shape index (κ2) is 8.54. The van der Waals surface area contributed by atoms with Crippen molar-refractivity contribution in [2.75, 3.05) is 7.11 Å². The number of hydrogen-bond acceptors (Lipinski definition) is 1. The summed E-state index contributed by atoms with van der Waals surface area (Å²) >= 11 is 0. The third-order valence-electron chi connectivity index (χ3n) is 6.70. The summed E-state index contributed by atoms with van der Waals surface area (Å²) in [6, 6.07) is 8.26. The lowest BCUT2D eigenvalue weighted by molar-refractivity contribution is -0.127. The zero-order valence-corrected chi connectivity index (χ0v) is 15.9. The zero-order valence-electron chi connectivity index (χ0n) is 15.9. The molecular weight excluding hydrogens is 330 g/mol. The maximum Gasteiger partial charge on any atom is 0.251 e. The first-order valence-electron chi connectivity index (χ1n) is 10.2. The molecule has 1 nitrogen and oxygen atoms in total. The van der Waals surface area contributed by atoms with Crippen molar-refractivity contribution >= 4 is 0 Å². The van der Waals surface area contributed by atoms with E-state index in [1.807, 2.05) is 18.2 Å². The Labute approximate surface area is 156 Å². The van der Waals surface area contributed by atoms with E-state index in [1.165, 1.54) is 5.56 Å². The van der Waals surface area contributed by atoms with Gasteiger partial charge < -0.3 is 4.74 Å². The van der Waals surface area contributed by atoms with Crippen LogP contribution in [0.3, 0.4) is 0 Å². The fraction of sp³-hybridized carbons (Fsp3) is 0.652. The highest BCUT2D eigenvalue weighted by atomic mass is 19.3. The van der Waals surface area contributed by atoms with E-state index in [0.29, 0.717) is 12.3 Å². The monoisotopic (exact) mass is 362 g/mol. The molecule has 2 atom stereocenters. The van der Waals surface area contributed by atoms with Crippen molar-refractivity contribution in [3.05, 3.63) is 42.5 Å². The first kappa shape index (κ1) is 19.4. The molecule has 1 aromatic carbocycles. The Bertz CT molecular complexity index is 572. The van der Waals surface area contributed by atoms with Crippen molar-refractivity contribution in [2.24, 2.45) is 17.8 Å². The van der Waals surface area contributed by atoms with E-state index in [9.17, 15) is 8.78 Å². The van der Waals surface area contributed by atoms with Crippen LogP contribution in [0.15, 0.2) is 36.9 Å². The molecule has 2 saturated carbocycles. The van der Waals surface area contributed by atoms with Gasteiger partial charge in [0.25, 0.3) is 5.92 Å². The molecule has 2 unspecified atom stereocenters. The molecule has 3 heteroatoms. The van der Waals surface area contributed by atoms with Crippen LogP contribution >= 0.6 is 0 Å². The average molecular weight is 363 g/mol.